The van der Waals surface area contributed by atoms with Gasteiger partial charge in [-0.2, -0.15) is 0 Å². The molecule has 0 N–H and O–H groups in total. The molecule has 0 aromatic carbocycles. The monoisotopic (exact) mass is 905 g/mol. The Morgan fingerprint density at radius 2 is 0.594 bits per heavy atom. The van der Waals surface area contributed by atoms with E-state index in [0.717, 1.165) is 69.6 Å². The molecule has 0 saturated carbocycles. The number of esters is 3. The van der Waals surface area contributed by atoms with Crippen molar-refractivity contribution in [1.82, 2.24) is 0 Å². The highest BCUT2D eigenvalue weighted by molar-refractivity contribution is 5.71. The fourth-order valence-corrected chi connectivity index (χ4v) is 8.84. The van der Waals surface area contributed by atoms with Gasteiger partial charge in [-0.1, -0.05) is 285 Å². The minimum atomic E-state index is -0.762. The molecule has 0 aliphatic heterocycles. The van der Waals surface area contributed by atoms with E-state index in [-0.39, 0.29) is 31.1 Å². The molecular formula is C58H112O6. The third-order valence-electron chi connectivity index (χ3n) is 13.6. The summed E-state index contributed by atoms with van der Waals surface area (Å²) in [7, 11) is 0. The Bertz CT molecular complexity index is 980. The molecule has 0 aliphatic rings. The number of carbonyl (C=O) groups excluding carboxylic acids is 3. The van der Waals surface area contributed by atoms with Crippen molar-refractivity contribution in [3.8, 4) is 0 Å². The molecule has 380 valence electrons. The number of carbonyl (C=O) groups is 3. The van der Waals surface area contributed by atoms with Crippen molar-refractivity contribution in [1.29, 1.82) is 0 Å². The summed E-state index contributed by atoms with van der Waals surface area (Å²) in [6, 6.07) is 0. The molecule has 0 aliphatic carbocycles. The molecule has 0 bridgehead atoms. The Labute approximate surface area is 399 Å². The summed E-state index contributed by atoms with van der Waals surface area (Å²) in [6.07, 6.45) is 53.8. The summed E-state index contributed by atoms with van der Waals surface area (Å²) in [4.78, 5) is 38.1. The average Bonchev–Trinajstić information content (AvgIpc) is 3.28. The predicted octanol–water partition coefficient (Wildman–Crippen LogP) is 18.9. The maximum atomic E-state index is 12.8. The van der Waals surface area contributed by atoms with Crippen molar-refractivity contribution in [2.45, 2.75) is 330 Å². The molecule has 0 aromatic rings. The first-order valence-electron chi connectivity index (χ1n) is 28.8. The van der Waals surface area contributed by atoms with Crippen LogP contribution in [0.4, 0.5) is 0 Å². The topological polar surface area (TPSA) is 78.9 Å². The molecule has 64 heavy (non-hydrogen) atoms. The molecule has 0 fully saturated rings. The zero-order valence-corrected chi connectivity index (χ0v) is 43.9. The Morgan fingerprint density at radius 3 is 0.891 bits per heavy atom. The maximum absolute atomic E-state index is 12.8. The SMILES string of the molecule is CCCCCCCCCCCCCCCC(=O)OC[C@@H](COC(=O)CCCCCCCCCCC(C)CC)OC(=O)CCCCCCCCCCCCCCCCCCCCC(C)C. The summed E-state index contributed by atoms with van der Waals surface area (Å²) >= 11 is 0. The lowest BCUT2D eigenvalue weighted by Crippen LogP contribution is -2.30. The van der Waals surface area contributed by atoms with Gasteiger partial charge in [-0.15, -0.1) is 0 Å². The number of unbranched alkanes of at least 4 members (excludes halogenated alkanes) is 36. The lowest BCUT2D eigenvalue weighted by molar-refractivity contribution is -0.167. The van der Waals surface area contributed by atoms with Gasteiger partial charge in [0.2, 0.25) is 0 Å². The third kappa shape index (κ3) is 49.8. The van der Waals surface area contributed by atoms with Crippen LogP contribution in [0.2, 0.25) is 0 Å². The summed E-state index contributed by atoms with van der Waals surface area (Å²) in [5.41, 5.74) is 0. The molecule has 0 aromatic heterocycles. The van der Waals surface area contributed by atoms with E-state index in [4.69, 9.17) is 14.2 Å². The summed E-state index contributed by atoms with van der Waals surface area (Å²) in [5, 5.41) is 0. The van der Waals surface area contributed by atoms with E-state index in [1.165, 1.54) is 212 Å². The summed E-state index contributed by atoms with van der Waals surface area (Å²) < 4.78 is 16.9. The Kier molecular flexibility index (Phi) is 49.6. The van der Waals surface area contributed by atoms with E-state index in [1.54, 1.807) is 0 Å². The van der Waals surface area contributed by atoms with Gasteiger partial charge < -0.3 is 14.2 Å². The van der Waals surface area contributed by atoms with E-state index in [1.807, 2.05) is 0 Å². The van der Waals surface area contributed by atoms with Gasteiger partial charge in [-0.25, -0.2) is 0 Å². The van der Waals surface area contributed by atoms with Gasteiger partial charge in [-0.05, 0) is 31.1 Å². The maximum Gasteiger partial charge on any atom is 0.306 e. The summed E-state index contributed by atoms with van der Waals surface area (Å²) in [6.45, 7) is 11.4. The van der Waals surface area contributed by atoms with Crippen molar-refractivity contribution in [2.75, 3.05) is 13.2 Å². The van der Waals surface area contributed by atoms with Crippen molar-refractivity contribution < 1.29 is 28.6 Å². The first kappa shape index (κ1) is 62.4. The van der Waals surface area contributed by atoms with Gasteiger partial charge in [-0.3, -0.25) is 14.4 Å². The van der Waals surface area contributed by atoms with Crippen LogP contribution < -0.4 is 0 Å². The Hall–Kier alpha value is -1.59. The van der Waals surface area contributed by atoms with Crippen LogP contribution in [-0.2, 0) is 28.6 Å². The number of ether oxygens (including phenoxy) is 3. The van der Waals surface area contributed by atoms with E-state index >= 15 is 0 Å². The largest absolute Gasteiger partial charge is 0.462 e. The second kappa shape index (κ2) is 50.8. The van der Waals surface area contributed by atoms with Gasteiger partial charge in [0.1, 0.15) is 13.2 Å². The predicted molar refractivity (Wildman–Crippen MR) is 275 cm³/mol. The van der Waals surface area contributed by atoms with Gasteiger partial charge >= 0.3 is 17.9 Å². The number of hydrogen-bond acceptors (Lipinski definition) is 6. The first-order valence-corrected chi connectivity index (χ1v) is 28.8. The third-order valence-corrected chi connectivity index (χ3v) is 13.6. The lowest BCUT2D eigenvalue weighted by Gasteiger charge is -2.18. The molecule has 0 amide bonds. The van der Waals surface area contributed by atoms with Gasteiger partial charge in [0, 0.05) is 19.3 Å². The quantitative estimate of drug-likeness (QED) is 0.0344. The molecule has 0 radical (unpaired) electrons. The second-order valence-electron chi connectivity index (χ2n) is 20.6. The highest BCUT2D eigenvalue weighted by Crippen LogP contribution is 2.18. The molecule has 0 saturated heterocycles. The van der Waals surface area contributed by atoms with Crippen LogP contribution >= 0.6 is 0 Å². The van der Waals surface area contributed by atoms with Crippen molar-refractivity contribution in [3.05, 3.63) is 0 Å². The highest BCUT2D eigenvalue weighted by atomic mass is 16.6. The van der Waals surface area contributed by atoms with Crippen molar-refractivity contribution in [3.63, 3.8) is 0 Å². The van der Waals surface area contributed by atoms with E-state index in [2.05, 4.69) is 34.6 Å². The molecule has 1 unspecified atom stereocenters. The fourth-order valence-electron chi connectivity index (χ4n) is 8.84. The second-order valence-corrected chi connectivity index (χ2v) is 20.6. The molecule has 2 atom stereocenters. The van der Waals surface area contributed by atoms with Gasteiger partial charge in [0.15, 0.2) is 6.10 Å². The van der Waals surface area contributed by atoms with Crippen LogP contribution in [-0.4, -0.2) is 37.2 Å². The minimum absolute atomic E-state index is 0.0631. The lowest BCUT2D eigenvalue weighted by atomic mass is 9.99. The minimum Gasteiger partial charge on any atom is -0.462 e. The smallest absolute Gasteiger partial charge is 0.306 e. The highest BCUT2D eigenvalue weighted by Gasteiger charge is 2.19. The van der Waals surface area contributed by atoms with Crippen molar-refractivity contribution >= 4 is 17.9 Å². The van der Waals surface area contributed by atoms with Crippen LogP contribution in [0.3, 0.4) is 0 Å². The number of rotatable bonds is 52. The Balaban J connectivity index is 4.25. The average molecular weight is 906 g/mol. The zero-order valence-electron chi connectivity index (χ0n) is 43.9. The molecule has 6 nitrogen and oxygen atoms in total. The van der Waals surface area contributed by atoms with Crippen LogP contribution in [0.5, 0.6) is 0 Å². The molecule has 6 heteroatoms. The van der Waals surface area contributed by atoms with Crippen LogP contribution in [0.1, 0.15) is 324 Å². The van der Waals surface area contributed by atoms with Gasteiger partial charge in [0.05, 0.1) is 0 Å². The van der Waals surface area contributed by atoms with Crippen LogP contribution in [0, 0.1) is 11.8 Å². The standard InChI is InChI=1S/C58H112O6/c1-6-8-9-10-11-12-13-20-24-27-33-38-43-48-56(59)62-51-55(52-63-57(60)49-44-39-34-30-29-32-37-42-47-54(5)7-2)64-58(61)50-45-40-35-28-25-22-19-17-15-14-16-18-21-23-26-31-36-41-46-53(3)4/h53-55H,6-52H2,1-5H3/t54?,55-/m0/s1. The van der Waals surface area contributed by atoms with Crippen LogP contribution in [0.15, 0.2) is 0 Å². The summed E-state index contributed by atoms with van der Waals surface area (Å²) in [5.74, 6) is 0.864. The van der Waals surface area contributed by atoms with E-state index < -0.39 is 6.10 Å². The van der Waals surface area contributed by atoms with Crippen LogP contribution in [0.25, 0.3) is 0 Å². The Morgan fingerprint density at radius 1 is 0.328 bits per heavy atom. The zero-order chi connectivity index (χ0) is 46.8. The first-order chi connectivity index (χ1) is 31.3. The molecule has 0 rings (SSSR count). The molecule has 0 heterocycles. The fraction of sp³-hybridized carbons (Fsp3) is 0.948. The molecule has 0 spiro atoms. The normalized spacial score (nSPS) is 12.5. The molecular weight excluding hydrogens is 793 g/mol. The number of hydrogen-bond donors (Lipinski definition) is 0. The van der Waals surface area contributed by atoms with Gasteiger partial charge in [0.25, 0.3) is 0 Å². The van der Waals surface area contributed by atoms with Crippen molar-refractivity contribution in [2.24, 2.45) is 11.8 Å². The van der Waals surface area contributed by atoms with E-state index in [9.17, 15) is 14.4 Å². The van der Waals surface area contributed by atoms with E-state index in [0.29, 0.717) is 19.3 Å².